The Hall–Kier alpha value is -0.980. The van der Waals surface area contributed by atoms with Crippen molar-refractivity contribution in [1.29, 1.82) is 0 Å². The molecule has 5 nitrogen and oxygen atoms in total. The minimum atomic E-state index is -0.629. The molecule has 140 valence electrons. The summed E-state index contributed by atoms with van der Waals surface area (Å²) in [6.07, 6.45) is 1.39. The second-order valence-electron chi connectivity index (χ2n) is 7.79. The smallest absolute Gasteiger partial charge is 0.163 e. The molecule has 5 heteroatoms. The van der Waals surface area contributed by atoms with Crippen LogP contribution in [0.2, 0.25) is 0 Å². The molecule has 4 atom stereocenters. The van der Waals surface area contributed by atoms with Gasteiger partial charge >= 0.3 is 0 Å². The van der Waals surface area contributed by atoms with E-state index in [1.165, 1.54) is 0 Å². The summed E-state index contributed by atoms with van der Waals surface area (Å²) in [4.78, 5) is 0. The molecule has 0 radical (unpaired) electrons. The molecule has 3 rings (SSSR count). The number of hydrogen-bond acceptors (Lipinski definition) is 5. The molecule has 4 unspecified atom stereocenters. The lowest BCUT2D eigenvalue weighted by molar-refractivity contribution is -0.243. The quantitative estimate of drug-likeness (QED) is 0.733. The standard InChI is InChI=1S/C20H30O5/c1-19(2,21-5)23-15-11-16(22-13-14-9-7-6-8-10-14)18-17(12-15)24-20(3,4)25-18/h6-10,15-18H,11-13H2,1-5H3. The molecule has 1 saturated heterocycles. The average Bonchev–Trinajstić information content (AvgIpc) is 2.87. The molecular formula is C20H30O5. The highest BCUT2D eigenvalue weighted by Crippen LogP contribution is 2.40. The third kappa shape index (κ3) is 4.80. The van der Waals surface area contributed by atoms with Gasteiger partial charge in [-0.05, 0) is 33.3 Å². The first-order chi connectivity index (χ1) is 11.8. The summed E-state index contributed by atoms with van der Waals surface area (Å²) in [5.74, 6) is -1.22. The number of ether oxygens (including phenoxy) is 5. The van der Waals surface area contributed by atoms with Crippen molar-refractivity contribution in [3.63, 3.8) is 0 Å². The third-order valence-corrected chi connectivity index (χ3v) is 4.83. The molecule has 0 aromatic heterocycles. The SMILES string of the molecule is COC(C)(C)OC1CC(OCc2ccccc2)C2OC(C)(C)OC2C1. The number of fused-ring (bicyclic) bond motifs is 1. The van der Waals surface area contributed by atoms with E-state index in [9.17, 15) is 0 Å². The highest BCUT2D eigenvalue weighted by Gasteiger charge is 2.50. The van der Waals surface area contributed by atoms with Gasteiger partial charge in [0.2, 0.25) is 0 Å². The predicted molar refractivity (Wildman–Crippen MR) is 94.0 cm³/mol. The molecule has 1 heterocycles. The lowest BCUT2D eigenvalue weighted by Gasteiger charge is -2.39. The summed E-state index contributed by atoms with van der Waals surface area (Å²) in [7, 11) is 1.66. The van der Waals surface area contributed by atoms with Crippen molar-refractivity contribution in [3.05, 3.63) is 35.9 Å². The predicted octanol–water partition coefficient (Wildman–Crippen LogP) is 3.65. The molecule has 0 amide bonds. The summed E-state index contributed by atoms with van der Waals surface area (Å²) in [5, 5.41) is 0. The summed E-state index contributed by atoms with van der Waals surface area (Å²) >= 11 is 0. The molecule has 1 aliphatic carbocycles. The number of benzene rings is 1. The Morgan fingerprint density at radius 3 is 2.52 bits per heavy atom. The molecule has 1 aromatic carbocycles. The minimum absolute atomic E-state index is 0.00877. The van der Waals surface area contributed by atoms with Gasteiger partial charge in [0.15, 0.2) is 11.6 Å². The average molecular weight is 350 g/mol. The highest BCUT2D eigenvalue weighted by molar-refractivity contribution is 5.13. The van der Waals surface area contributed by atoms with Gasteiger partial charge in [-0.3, -0.25) is 0 Å². The molecule has 1 saturated carbocycles. The van der Waals surface area contributed by atoms with E-state index in [1.54, 1.807) is 7.11 Å². The molecule has 0 N–H and O–H groups in total. The van der Waals surface area contributed by atoms with Crippen LogP contribution in [0.4, 0.5) is 0 Å². The van der Waals surface area contributed by atoms with E-state index < -0.39 is 11.6 Å². The Balaban J connectivity index is 1.69. The molecule has 0 spiro atoms. The van der Waals surface area contributed by atoms with Gasteiger partial charge in [-0.15, -0.1) is 0 Å². The highest BCUT2D eigenvalue weighted by atomic mass is 16.8. The monoisotopic (exact) mass is 350 g/mol. The van der Waals surface area contributed by atoms with Gasteiger partial charge in [-0.2, -0.15) is 0 Å². The zero-order chi connectivity index (χ0) is 18.1. The van der Waals surface area contributed by atoms with Crippen LogP contribution in [0.25, 0.3) is 0 Å². The van der Waals surface area contributed by atoms with E-state index in [1.807, 2.05) is 45.9 Å². The lowest BCUT2D eigenvalue weighted by atomic mass is 9.89. The Bertz CT molecular complexity index is 556. The van der Waals surface area contributed by atoms with Crippen molar-refractivity contribution in [2.24, 2.45) is 0 Å². The Labute approximate surface area is 150 Å². The van der Waals surface area contributed by atoms with Crippen LogP contribution in [0, 0.1) is 0 Å². The van der Waals surface area contributed by atoms with Crippen LogP contribution in [0.5, 0.6) is 0 Å². The summed E-state index contributed by atoms with van der Waals surface area (Å²) in [6, 6.07) is 10.2. The van der Waals surface area contributed by atoms with Gasteiger partial charge in [0, 0.05) is 20.0 Å². The van der Waals surface area contributed by atoms with E-state index in [4.69, 9.17) is 23.7 Å². The van der Waals surface area contributed by atoms with Crippen LogP contribution in [0.1, 0.15) is 46.1 Å². The van der Waals surface area contributed by atoms with Crippen LogP contribution < -0.4 is 0 Å². The van der Waals surface area contributed by atoms with Gasteiger partial charge in [0.1, 0.15) is 6.10 Å². The first-order valence-electron chi connectivity index (χ1n) is 9.02. The summed E-state index contributed by atoms with van der Waals surface area (Å²) in [6.45, 7) is 8.31. The number of rotatable bonds is 6. The fourth-order valence-electron chi connectivity index (χ4n) is 3.60. The van der Waals surface area contributed by atoms with E-state index in [0.29, 0.717) is 6.61 Å². The minimum Gasteiger partial charge on any atom is -0.371 e. The van der Waals surface area contributed by atoms with Gasteiger partial charge < -0.3 is 23.7 Å². The molecule has 2 fully saturated rings. The second kappa shape index (κ2) is 7.33. The van der Waals surface area contributed by atoms with E-state index >= 15 is 0 Å². The van der Waals surface area contributed by atoms with Crippen LogP contribution >= 0.6 is 0 Å². The lowest BCUT2D eigenvalue weighted by Crippen LogP contribution is -2.48. The first-order valence-corrected chi connectivity index (χ1v) is 9.02. The normalized spacial score (nSPS) is 31.7. The van der Waals surface area contributed by atoms with Crippen LogP contribution in [0.3, 0.4) is 0 Å². The van der Waals surface area contributed by atoms with Crippen molar-refractivity contribution in [1.82, 2.24) is 0 Å². The Morgan fingerprint density at radius 2 is 1.84 bits per heavy atom. The molecule has 1 aromatic rings. The van der Waals surface area contributed by atoms with Crippen molar-refractivity contribution >= 4 is 0 Å². The first kappa shape index (κ1) is 18.8. The van der Waals surface area contributed by atoms with Gasteiger partial charge in [-0.1, -0.05) is 30.3 Å². The largest absolute Gasteiger partial charge is 0.371 e. The van der Waals surface area contributed by atoms with Crippen molar-refractivity contribution < 1.29 is 23.7 Å². The second-order valence-corrected chi connectivity index (χ2v) is 7.79. The van der Waals surface area contributed by atoms with Crippen molar-refractivity contribution in [3.8, 4) is 0 Å². The van der Waals surface area contributed by atoms with Crippen LogP contribution in [0.15, 0.2) is 30.3 Å². The Kier molecular flexibility index (Phi) is 5.51. The zero-order valence-electron chi connectivity index (χ0n) is 15.9. The fraction of sp³-hybridized carbons (Fsp3) is 0.700. The number of methoxy groups -OCH3 is 1. The molecule has 25 heavy (non-hydrogen) atoms. The van der Waals surface area contributed by atoms with E-state index in [2.05, 4.69) is 12.1 Å². The molecule has 2 aliphatic rings. The Morgan fingerprint density at radius 1 is 1.12 bits per heavy atom. The maximum Gasteiger partial charge on any atom is 0.163 e. The van der Waals surface area contributed by atoms with Gasteiger partial charge in [0.25, 0.3) is 0 Å². The molecule has 0 bridgehead atoms. The van der Waals surface area contributed by atoms with Crippen molar-refractivity contribution in [2.75, 3.05) is 7.11 Å². The van der Waals surface area contributed by atoms with Gasteiger partial charge in [0.05, 0.1) is 24.9 Å². The van der Waals surface area contributed by atoms with Crippen LogP contribution in [-0.2, 0) is 30.3 Å². The molecular weight excluding hydrogens is 320 g/mol. The summed E-state index contributed by atoms with van der Waals surface area (Å²) in [5.41, 5.74) is 1.15. The van der Waals surface area contributed by atoms with Crippen molar-refractivity contribution in [2.45, 2.75) is 83.1 Å². The zero-order valence-corrected chi connectivity index (χ0v) is 15.9. The van der Waals surface area contributed by atoms with E-state index in [0.717, 1.165) is 18.4 Å². The maximum atomic E-state index is 6.23. The maximum absolute atomic E-state index is 6.23. The number of hydrogen-bond donors (Lipinski definition) is 0. The fourth-order valence-corrected chi connectivity index (χ4v) is 3.60. The topological polar surface area (TPSA) is 46.2 Å². The van der Waals surface area contributed by atoms with Crippen LogP contribution in [-0.4, -0.2) is 43.1 Å². The third-order valence-electron chi connectivity index (χ3n) is 4.83. The van der Waals surface area contributed by atoms with Gasteiger partial charge in [-0.25, -0.2) is 0 Å². The molecule has 1 aliphatic heterocycles. The summed E-state index contributed by atoms with van der Waals surface area (Å²) < 4.78 is 30.0. The van der Waals surface area contributed by atoms with E-state index in [-0.39, 0.29) is 24.4 Å².